The number of halogens is 1. The first-order valence-electron chi connectivity index (χ1n) is 7.69. The molecule has 3 heteroatoms. The molecule has 0 radical (unpaired) electrons. The first-order chi connectivity index (χ1) is 9.51. The molecule has 0 spiro atoms. The van der Waals surface area contributed by atoms with Crippen LogP contribution in [0.4, 0.5) is 4.39 Å². The Kier molecular flexibility index (Phi) is 7.17. The van der Waals surface area contributed by atoms with Gasteiger partial charge in [0.15, 0.2) is 0 Å². The van der Waals surface area contributed by atoms with Gasteiger partial charge in [-0.05, 0) is 32.5 Å². The molecule has 0 fully saturated rings. The van der Waals surface area contributed by atoms with E-state index in [1.54, 1.807) is 6.07 Å². The monoisotopic (exact) mass is 280 g/mol. The summed E-state index contributed by atoms with van der Waals surface area (Å²) in [6, 6.07) is 7.59. The van der Waals surface area contributed by atoms with Crippen molar-refractivity contribution in [2.24, 2.45) is 5.92 Å². The Morgan fingerprint density at radius 1 is 1.20 bits per heavy atom. The lowest BCUT2D eigenvalue weighted by Crippen LogP contribution is -2.44. The maximum atomic E-state index is 13.9. The topological polar surface area (TPSA) is 15.3 Å². The minimum atomic E-state index is -0.115. The molecule has 3 unspecified atom stereocenters. The van der Waals surface area contributed by atoms with Gasteiger partial charge in [0.1, 0.15) is 5.82 Å². The second kappa shape index (κ2) is 8.38. The van der Waals surface area contributed by atoms with E-state index in [0.29, 0.717) is 12.0 Å². The van der Waals surface area contributed by atoms with Gasteiger partial charge in [-0.25, -0.2) is 4.39 Å². The maximum Gasteiger partial charge on any atom is 0.127 e. The number of hydrogen-bond acceptors (Lipinski definition) is 2. The van der Waals surface area contributed by atoms with E-state index in [4.69, 9.17) is 0 Å². The SMILES string of the molecule is CCNC(CN(C)C(C)c1ccccc1F)C(C)CC. The molecule has 0 bridgehead atoms. The van der Waals surface area contributed by atoms with Crippen molar-refractivity contribution in [3.63, 3.8) is 0 Å². The quantitative estimate of drug-likeness (QED) is 0.778. The fourth-order valence-electron chi connectivity index (χ4n) is 2.51. The number of benzene rings is 1. The van der Waals surface area contributed by atoms with Gasteiger partial charge in [-0.3, -0.25) is 4.90 Å². The Bertz CT molecular complexity index is 394. The van der Waals surface area contributed by atoms with Crippen molar-refractivity contribution in [3.05, 3.63) is 35.6 Å². The zero-order valence-electron chi connectivity index (χ0n) is 13.5. The number of likely N-dealkylation sites (N-methyl/N-ethyl adjacent to an activating group) is 2. The van der Waals surface area contributed by atoms with E-state index in [1.807, 2.05) is 12.1 Å². The van der Waals surface area contributed by atoms with Crippen LogP contribution in [0.1, 0.15) is 45.7 Å². The Balaban J connectivity index is 2.73. The molecule has 0 amide bonds. The first-order valence-corrected chi connectivity index (χ1v) is 7.69. The molecular weight excluding hydrogens is 251 g/mol. The highest BCUT2D eigenvalue weighted by Gasteiger charge is 2.21. The average Bonchev–Trinajstić information content (AvgIpc) is 2.45. The molecular formula is C17H29FN2. The Labute approximate surface area is 123 Å². The normalized spacial score (nSPS) is 16.1. The van der Waals surface area contributed by atoms with Crippen LogP contribution in [-0.4, -0.2) is 31.1 Å². The van der Waals surface area contributed by atoms with Crippen molar-refractivity contribution in [3.8, 4) is 0 Å². The lowest BCUT2D eigenvalue weighted by molar-refractivity contribution is 0.200. The molecule has 1 aromatic rings. The van der Waals surface area contributed by atoms with Crippen molar-refractivity contribution >= 4 is 0 Å². The van der Waals surface area contributed by atoms with Crippen LogP contribution in [0.3, 0.4) is 0 Å². The summed E-state index contributed by atoms with van der Waals surface area (Å²) in [5.74, 6) is 0.501. The molecule has 20 heavy (non-hydrogen) atoms. The molecule has 0 heterocycles. The lowest BCUT2D eigenvalue weighted by atomic mass is 9.97. The summed E-state index contributed by atoms with van der Waals surface area (Å²) in [6.45, 7) is 10.6. The third-order valence-electron chi connectivity index (χ3n) is 4.30. The van der Waals surface area contributed by atoms with Gasteiger partial charge in [0.2, 0.25) is 0 Å². The minimum absolute atomic E-state index is 0.0846. The Morgan fingerprint density at radius 2 is 1.85 bits per heavy atom. The van der Waals surface area contributed by atoms with E-state index in [0.717, 1.165) is 25.1 Å². The van der Waals surface area contributed by atoms with Crippen LogP contribution in [0, 0.1) is 11.7 Å². The number of hydrogen-bond donors (Lipinski definition) is 1. The molecule has 114 valence electrons. The van der Waals surface area contributed by atoms with Gasteiger partial charge in [-0.2, -0.15) is 0 Å². The highest BCUT2D eigenvalue weighted by Crippen LogP contribution is 2.22. The molecule has 0 saturated heterocycles. The molecule has 2 nitrogen and oxygen atoms in total. The van der Waals surface area contributed by atoms with E-state index in [2.05, 4.69) is 45.0 Å². The fourth-order valence-corrected chi connectivity index (χ4v) is 2.51. The van der Waals surface area contributed by atoms with Crippen molar-refractivity contribution in [1.29, 1.82) is 0 Å². The standard InChI is InChI=1S/C17H29FN2/c1-6-13(3)17(19-7-2)12-20(5)14(4)15-10-8-9-11-16(15)18/h8-11,13-14,17,19H,6-7,12H2,1-5H3. The summed E-state index contributed by atoms with van der Waals surface area (Å²) in [6.07, 6.45) is 1.15. The summed E-state index contributed by atoms with van der Waals surface area (Å²) in [5.41, 5.74) is 0.773. The Morgan fingerprint density at radius 3 is 2.40 bits per heavy atom. The third kappa shape index (κ3) is 4.57. The van der Waals surface area contributed by atoms with Crippen molar-refractivity contribution < 1.29 is 4.39 Å². The van der Waals surface area contributed by atoms with Crippen LogP contribution in [0.25, 0.3) is 0 Å². The summed E-state index contributed by atoms with van der Waals surface area (Å²) >= 11 is 0. The van der Waals surface area contributed by atoms with Crippen LogP contribution in [0.15, 0.2) is 24.3 Å². The van der Waals surface area contributed by atoms with Crippen molar-refractivity contribution in [2.45, 2.75) is 46.2 Å². The van der Waals surface area contributed by atoms with E-state index < -0.39 is 0 Å². The zero-order chi connectivity index (χ0) is 15.1. The first kappa shape index (κ1) is 17.1. The molecule has 0 aromatic heterocycles. The predicted molar refractivity (Wildman–Crippen MR) is 84.4 cm³/mol. The van der Waals surface area contributed by atoms with Gasteiger partial charge in [0.25, 0.3) is 0 Å². The summed E-state index contributed by atoms with van der Waals surface area (Å²) in [4.78, 5) is 2.23. The largest absolute Gasteiger partial charge is 0.313 e. The van der Waals surface area contributed by atoms with Gasteiger partial charge < -0.3 is 5.32 Å². The van der Waals surface area contributed by atoms with Gasteiger partial charge in [0, 0.05) is 24.2 Å². The summed E-state index contributed by atoms with van der Waals surface area (Å²) < 4.78 is 13.9. The molecule has 0 aliphatic carbocycles. The van der Waals surface area contributed by atoms with Gasteiger partial charge >= 0.3 is 0 Å². The van der Waals surface area contributed by atoms with E-state index in [1.165, 1.54) is 6.07 Å². The Hall–Kier alpha value is -0.930. The van der Waals surface area contributed by atoms with Gasteiger partial charge in [-0.1, -0.05) is 45.4 Å². The number of nitrogens with one attached hydrogen (secondary N) is 1. The molecule has 1 aromatic carbocycles. The maximum absolute atomic E-state index is 13.9. The molecule has 3 atom stereocenters. The van der Waals surface area contributed by atoms with Crippen LogP contribution in [0.5, 0.6) is 0 Å². The highest BCUT2D eigenvalue weighted by atomic mass is 19.1. The van der Waals surface area contributed by atoms with E-state index in [-0.39, 0.29) is 11.9 Å². The van der Waals surface area contributed by atoms with Crippen molar-refractivity contribution in [1.82, 2.24) is 10.2 Å². The predicted octanol–water partition coefficient (Wildman–Crippen LogP) is 3.84. The lowest BCUT2D eigenvalue weighted by Gasteiger charge is -2.32. The second-order valence-electron chi connectivity index (χ2n) is 5.69. The molecule has 0 aliphatic rings. The highest BCUT2D eigenvalue weighted by molar-refractivity contribution is 5.20. The number of rotatable bonds is 8. The molecule has 0 saturated carbocycles. The zero-order valence-corrected chi connectivity index (χ0v) is 13.5. The number of nitrogens with zero attached hydrogens (tertiary/aromatic N) is 1. The van der Waals surface area contributed by atoms with Crippen LogP contribution in [-0.2, 0) is 0 Å². The summed E-state index contributed by atoms with van der Waals surface area (Å²) in [5, 5.41) is 3.55. The smallest absolute Gasteiger partial charge is 0.127 e. The molecule has 0 aliphatic heterocycles. The van der Waals surface area contributed by atoms with Gasteiger partial charge in [-0.15, -0.1) is 0 Å². The van der Waals surface area contributed by atoms with Crippen LogP contribution < -0.4 is 5.32 Å². The fraction of sp³-hybridized carbons (Fsp3) is 0.647. The molecule has 1 rings (SSSR count). The minimum Gasteiger partial charge on any atom is -0.313 e. The third-order valence-corrected chi connectivity index (χ3v) is 4.30. The molecule has 1 N–H and O–H groups in total. The van der Waals surface area contributed by atoms with Gasteiger partial charge in [0.05, 0.1) is 0 Å². The van der Waals surface area contributed by atoms with Crippen LogP contribution >= 0.6 is 0 Å². The van der Waals surface area contributed by atoms with E-state index in [9.17, 15) is 4.39 Å². The van der Waals surface area contributed by atoms with E-state index >= 15 is 0 Å². The van der Waals surface area contributed by atoms with Crippen molar-refractivity contribution in [2.75, 3.05) is 20.1 Å². The average molecular weight is 280 g/mol. The summed E-state index contributed by atoms with van der Waals surface area (Å²) in [7, 11) is 2.07. The van der Waals surface area contributed by atoms with Crippen LogP contribution in [0.2, 0.25) is 0 Å². The second-order valence-corrected chi connectivity index (χ2v) is 5.69.